The van der Waals surface area contributed by atoms with Crippen molar-refractivity contribution in [1.82, 2.24) is 0 Å². The van der Waals surface area contributed by atoms with E-state index in [4.69, 9.17) is 0 Å². The van der Waals surface area contributed by atoms with Crippen LogP contribution in [0.1, 0.15) is 31.2 Å². The predicted octanol–water partition coefficient (Wildman–Crippen LogP) is 2.99. The van der Waals surface area contributed by atoms with Crippen molar-refractivity contribution >= 4 is 11.5 Å². The molecule has 1 aliphatic rings. The number of nitrogens with zero attached hydrogens (tertiary/aromatic N) is 1. The molecule has 17 heavy (non-hydrogen) atoms. The van der Waals surface area contributed by atoms with Crippen LogP contribution in [0.2, 0.25) is 0 Å². The third-order valence-corrected chi connectivity index (χ3v) is 3.00. The van der Waals surface area contributed by atoms with Crippen LogP contribution < -0.4 is 0 Å². The number of para-hydroxylation sites is 1. The molecule has 0 aliphatic heterocycles. The van der Waals surface area contributed by atoms with E-state index in [9.17, 15) is 14.9 Å². The monoisotopic (exact) mass is 231 g/mol. The molecule has 4 nitrogen and oxygen atoms in total. The number of hydrogen-bond donors (Lipinski definition) is 0. The zero-order chi connectivity index (χ0) is 12.4. The molecule has 0 fully saturated rings. The summed E-state index contributed by atoms with van der Waals surface area (Å²) >= 11 is 0. The molecule has 2 rings (SSSR count). The maximum absolute atomic E-state index is 11.5. The van der Waals surface area contributed by atoms with Gasteiger partial charge in [-0.1, -0.05) is 23.8 Å². The Labute approximate surface area is 99.1 Å². The molecule has 1 aromatic carbocycles. The van der Waals surface area contributed by atoms with Crippen molar-refractivity contribution < 1.29 is 9.72 Å². The first-order chi connectivity index (χ1) is 8.08. The maximum Gasteiger partial charge on any atom is 0.272 e. The van der Waals surface area contributed by atoms with Crippen LogP contribution in [0.25, 0.3) is 0 Å². The third kappa shape index (κ3) is 2.41. The van der Waals surface area contributed by atoms with Crippen LogP contribution >= 0.6 is 0 Å². The van der Waals surface area contributed by atoms with E-state index in [1.54, 1.807) is 24.3 Å². The number of ketones is 1. The molecule has 0 spiro atoms. The number of carbonyl (C=O) groups excluding carboxylic acids is 1. The van der Waals surface area contributed by atoms with E-state index in [1.165, 1.54) is 6.07 Å². The topological polar surface area (TPSA) is 60.2 Å². The van der Waals surface area contributed by atoms with Crippen molar-refractivity contribution in [3.05, 3.63) is 51.6 Å². The lowest BCUT2D eigenvalue weighted by atomic mass is 9.83. The summed E-state index contributed by atoms with van der Waals surface area (Å²) in [6.45, 7) is 1.89. The highest BCUT2D eigenvalue weighted by molar-refractivity contribution is 5.92. The number of rotatable bonds is 2. The molecule has 0 saturated heterocycles. The summed E-state index contributed by atoms with van der Waals surface area (Å²) in [5.74, 6) is -0.00833. The normalized spacial score (nSPS) is 19.9. The van der Waals surface area contributed by atoms with Crippen molar-refractivity contribution in [1.29, 1.82) is 0 Å². The van der Waals surface area contributed by atoms with Crippen molar-refractivity contribution in [2.75, 3.05) is 0 Å². The first kappa shape index (κ1) is 11.5. The second-order valence-electron chi connectivity index (χ2n) is 4.38. The van der Waals surface area contributed by atoms with E-state index >= 15 is 0 Å². The highest BCUT2D eigenvalue weighted by Crippen LogP contribution is 2.35. The van der Waals surface area contributed by atoms with Crippen LogP contribution in [-0.4, -0.2) is 10.7 Å². The van der Waals surface area contributed by atoms with Crippen molar-refractivity contribution in [2.24, 2.45) is 0 Å². The van der Waals surface area contributed by atoms with Gasteiger partial charge in [-0.05, 0) is 19.4 Å². The largest absolute Gasteiger partial charge is 0.295 e. The molecule has 0 saturated carbocycles. The van der Waals surface area contributed by atoms with Crippen LogP contribution in [-0.2, 0) is 4.79 Å². The van der Waals surface area contributed by atoms with Gasteiger partial charge >= 0.3 is 0 Å². The molecule has 0 bridgehead atoms. The Bertz CT molecular complexity index is 505. The highest BCUT2D eigenvalue weighted by atomic mass is 16.6. The van der Waals surface area contributed by atoms with Gasteiger partial charge in [0.15, 0.2) is 5.78 Å². The quantitative estimate of drug-likeness (QED) is 0.580. The molecule has 0 N–H and O–H groups in total. The Morgan fingerprint density at radius 3 is 2.65 bits per heavy atom. The Hall–Kier alpha value is -1.97. The molecule has 1 aromatic rings. The lowest BCUT2D eigenvalue weighted by Gasteiger charge is -2.20. The zero-order valence-electron chi connectivity index (χ0n) is 9.55. The van der Waals surface area contributed by atoms with Crippen LogP contribution in [0.15, 0.2) is 35.9 Å². The number of nitro benzene ring substituents is 1. The summed E-state index contributed by atoms with van der Waals surface area (Å²) in [6.07, 6.45) is 2.71. The molecule has 1 unspecified atom stereocenters. The van der Waals surface area contributed by atoms with Crippen LogP contribution in [0.4, 0.5) is 5.69 Å². The fourth-order valence-electron chi connectivity index (χ4n) is 2.32. The molecular formula is C13H13NO3. The van der Waals surface area contributed by atoms with E-state index in [-0.39, 0.29) is 22.3 Å². The molecule has 88 valence electrons. The van der Waals surface area contributed by atoms with Gasteiger partial charge in [0.2, 0.25) is 0 Å². The van der Waals surface area contributed by atoms with Crippen LogP contribution in [0.5, 0.6) is 0 Å². The Kier molecular flexibility index (Phi) is 3.04. The highest BCUT2D eigenvalue weighted by Gasteiger charge is 2.26. The van der Waals surface area contributed by atoms with Gasteiger partial charge in [0.25, 0.3) is 5.69 Å². The summed E-state index contributed by atoms with van der Waals surface area (Å²) in [5.41, 5.74) is 1.77. The van der Waals surface area contributed by atoms with Crippen LogP contribution in [0.3, 0.4) is 0 Å². The number of nitro groups is 1. The van der Waals surface area contributed by atoms with E-state index in [0.29, 0.717) is 12.0 Å². The van der Waals surface area contributed by atoms with E-state index in [0.717, 1.165) is 12.0 Å². The van der Waals surface area contributed by atoms with E-state index in [1.807, 2.05) is 6.92 Å². The average Bonchev–Trinajstić information content (AvgIpc) is 2.27. The standard InChI is InChI=1S/C13H13NO3/c1-9-6-10(8-11(15)7-9)12-4-2-3-5-13(12)14(16)17/h2-5,7,10H,6,8H2,1H3. The van der Waals surface area contributed by atoms with Gasteiger partial charge < -0.3 is 0 Å². The smallest absolute Gasteiger partial charge is 0.272 e. The maximum atomic E-state index is 11.5. The van der Waals surface area contributed by atoms with Crippen molar-refractivity contribution in [2.45, 2.75) is 25.7 Å². The Morgan fingerprint density at radius 1 is 1.29 bits per heavy atom. The minimum atomic E-state index is -0.381. The minimum Gasteiger partial charge on any atom is -0.295 e. The van der Waals surface area contributed by atoms with Crippen molar-refractivity contribution in [3.8, 4) is 0 Å². The van der Waals surface area contributed by atoms with Gasteiger partial charge in [-0.15, -0.1) is 0 Å². The fourth-order valence-corrected chi connectivity index (χ4v) is 2.32. The summed E-state index contributed by atoms with van der Waals surface area (Å²) in [5, 5.41) is 10.9. The predicted molar refractivity (Wildman–Crippen MR) is 63.8 cm³/mol. The lowest BCUT2D eigenvalue weighted by Crippen LogP contribution is -2.13. The van der Waals surface area contributed by atoms with Gasteiger partial charge in [-0.25, -0.2) is 0 Å². The SMILES string of the molecule is CC1=CC(=O)CC(c2ccccc2[N+](=O)[O-])C1. The van der Waals surface area contributed by atoms with E-state index < -0.39 is 0 Å². The molecule has 1 aliphatic carbocycles. The van der Waals surface area contributed by atoms with Crippen molar-refractivity contribution in [3.63, 3.8) is 0 Å². The molecule has 0 aromatic heterocycles. The molecule has 0 radical (unpaired) electrons. The Balaban J connectivity index is 2.38. The number of carbonyl (C=O) groups is 1. The molecule has 0 amide bonds. The second kappa shape index (κ2) is 4.49. The number of allylic oxidation sites excluding steroid dienone is 2. The van der Waals surface area contributed by atoms with Gasteiger partial charge in [0, 0.05) is 24.0 Å². The first-order valence-electron chi connectivity index (χ1n) is 5.51. The summed E-state index contributed by atoms with van der Waals surface area (Å²) in [7, 11) is 0. The Morgan fingerprint density at radius 2 is 2.00 bits per heavy atom. The fraction of sp³-hybridized carbons (Fsp3) is 0.308. The van der Waals surface area contributed by atoms with Gasteiger partial charge in [0.1, 0.15) is 0 Å². The van der Waals surface area contributed by atoms with E-state index in [2.05, 4.69) is 0 Å². The molecular weight excluding hydrogens is 218 g/mol. The van der Waals surface area contributed by atoms with Gasteiger partial charge in [0.05, 0.1) is 4.92 Å². The van der Waals surface area contributed by atoms with Crippen LogP contribution in [0, 0.1) is 10.1 Å². The van der Waals surface area contributed by atoms with Gasteiger partial charge in [-0.2, -0.15) is 0 Å². The zero-order valence-corrected chi connectivity index (χ0v) is 9.55. The molecule has 0 heterocycles. The summed E-state index contributed by atoms with van der Waals surface area (Å²) in [6, 6.07) is 6.66. The number of benzene rings is 1. The molecule has 4 heteroatoms. The summed E-state index contributed by atoms with van der Waals surface area (Å²) < 4.78 is 0. The first-order valence-corrected chi connectivity index (χ1v) is 5.51. The summed E-state index contributed by atoms with van der Waals surface area (Å²) in [4.78, 5) is 22.0. The lowest BCUT2D eigenvalue weighted by molar-refractivity contribution is -0.385. The molecule has 1 atom stereocenters. The second-order valence-corrected chi connectivity index (χ2v) is 4.38. The minimum absolute atomic E-state index is 0.0527. The average molecular weight is 231 g/mol. The van der Waals surface area contributed by atoms with Gasteiger partial charge in [-0.3, -0.25) is 14.9 Å². The number of hydrogen-bond acceptors (Lipinski definition) is 3. The third-order valence-electron chi connectivity index (χ3n) is 3.00.